The van der Waals surface area contributed by atoms with Crippen molar-refractivity contribution in [2.24, 2.45) is 0 Å². The van der Waals surface area contributed by atoms with Crippen LogP contribution < -0.4 is 0 Å². The average Bonchev–Trinajstić information content (AvgIpc) is 3.20. The molecule has 1 amide bonds. The predicted octanol–water partition coefficient (Wildman–Crippen LogP) is 3.96. The first kappa shape index (κ1) is 18.0. The maximum Gasteiger partial charge on any atom is 0.406 e. The Bertz CT molecular complexity index is 779. The summed E-state index contributed by atoms with van der Waals surface area (Å²) in [6.07, 6.45) is -2.04. The number of alkyl halides is 3. The molecule has 2 aromatic heterocycles. The van der Waals surface area contributed by atoms with Gasteiger partial charge >= 0.3 is 6.18 Å². The fraction of sp³-hybridized carbons (Fsp3) is 0.529. The molecule has 0 saturated carbocycles. The van der Waals surface area contributed by atoms with E-state index < -0.39 is 12.7 Å². The van der Waals surface area contributed by atoms with Crippen LogP contribution in [0.3, 0.4) is 0 Å². The van der Waals surface area contributed by atoms with Crippen molar-refractivity contribution in [1.82, 2.24) is 14.5 Å². The first-order valence-corrected chi connectivity index (χ1v) is 9.08. The molecule has 1 aliphatic rings. The Morgan fingerprint density at radius 3 is 2.72 bits per heavy atom. The average molecular weight is 371 g/mol. The number of aryl methyl sites for hydroxylation is 1. The van der Waals surface area contributed by atoms with Gasteiger partial charge in [-0.25, -0.2) is 4.98 Å². The Labute approximate surface area is 148 Å². The maximum absolute atomic E-state index is 12.7. The molecule has 0 radical (unpaired) electrons. The summed E-state index contributed by atoms with van der Waals surface area (Å²) in [5, 5.41) is 2.77. The lowest BCUT2D eigenvalue weighted by Crippen LogP contribution is -2.26. The van der Waals surface area contributed by atoms with Crippen LogP contribution in [-0.4, -0.2) is 39.6 Å². The summed E-state index contributed by atoms with van der Waals surface area (Å²) < 4.78 is 39.5. The van der Waals surface area contributed by atoms with Crippen LogP contribution in [0.15, 0.2) is 11.4 Å². The van der Waals surface area contributed by atoms with Gasteiger partial charge in [-0.15, -0.1) is 11.3 Å². The number of aromatic nitrogens is 2. The Morgan fingerprint density at radius 2 is 2.08 bits per heavy atom. The highest BCUT2D eigenvalue weighted by Crippen LogP contribution is 2.30. The van der Waals surface area contributed by atoms with E-state index in [1.54, 1.807) is 19.9 Å². The second-order valence-corrected chi connectivity index (χ2v) is 7.29. The zero-order valence-electron chi connectivity index (χ0n) is 14.2. The number of nitrogens with zero attached hydrogens (tertiary/aromatic N) is 3. The molecule has 0 aliphatic carbocycles. The third-order valence-corrected chi connectivity index (χ3v) is 5.41. The van der Waals surface area contributed by atoms with Gasteiger partial charge in [-0.05, 0) is 26.3 Å². The second kappa shape index (κ2) is 6.82. The van der Waals surface area contributed by atoms with E-state index in [0.717, 1.165) is 23.5 Å². The van der Waals surface area contributed by atoms with Crippen LogP contribution in [0.25, 0.3) is 11.3 Å². The highest BCUT2D eigenvalue weighted by Gasteiger charge is 2.30. The highest BCUT2D eigenvalue weighted by atomic mass is 32.1. The molecule has 2 aromatic rings. The number of hydrogen-bond acceptors (Lipinski definition) is 3. The minimum Gasteiger partial charge on any atom is -0.342 e. The van der Waals surface area contributed by atoms with Crippen molar-refractivity contribution >= 4 is 17.2 Å². The number of likely N-dealkylation sites (tertiary alicyclic amines) is 1. The Kier molecular flexibility index (Phi) is 4.90. The highest BCUT2D eigenvalue weighted by molar-refractivity contribution is 7.09. The fourth-order valence-electron chi connectivity index (χ4n) is 3.20. The van der Waals surface area contributed by atoms with Gasteiger partial charge in [-0.3, -0.25) is 4.79 Å². The lowest BCUT2D eigenvalue weighted by atomic mass is 10.2. The minimum absolute atomic E-state index is 0.187. The molecule has 1 aliphatic heterocycles. The molecule has 0 aromatic carbocycles. The number of thiazole rings is 1. The molecule has 0 unspecified atom stereocenters. The van der Waals surface area contributed by atoms with E-state index >= 15 is 0 Å². The smallest absolute Gasteiger partial charge is 0.342 e. The van der Waals surface area contributed by atoms with Gasteiger partial charge in [0.25, 0.3) is 0 Å². The van der Waals surface area contributed by atoms with Gasteiger partial charge in [-0.2, -0.15) is 13.2 Å². The molecule has 0 atom stereocenters. The van der Waals surface area contributed by atoms with Gasteiger partial charge in [0.2, 0.25) is 5.91 Å². The summed E-state index contributed by atoms with van der Waals surface area (Å²) >= 11 is 1.49. The number of amides is 1. The number of carbonyl (C=O) groups excluding carboxylic acids is 1. The van der Waals surface area contributed by atoms with Crippen molar-refractivity contribution in [2.45, 2.75) is 45.8 Å². The molecule has 3 rings (SSSR count). The third-order valence-electron chi connectivity index (χ3n) is 4.51. The standard InChI is InChI=1S/C17H20F3N3OS/c1-11-8-13(12(2)23(11)10-17(18,19)20)14-9-25-15(21-14)5-7-22-6-3-4-16(22)24/h8-9H,3-7,10H2,1-2H3. The Hall–Kier alpha value is -1.83. The van der Waals surface area contributed by atoms with Crippen molar-refractivity contribution in [3.05, 3.63) is 27.8 Å². The molecule has 8 heteroatoms. The summed E-state index contributed by atoms with van der Waals surface area (Å²) in [5.74, 6) is 0.187. The molecule has 1 saturated heterocycles. The van der Waals surface area contributed by atoms with E-state index in [2.05, 4.69) is 4.98 Å². The molecular formula is C17H20F3N3OS. The van der Waals surface area contributed by atoms with Gasteiger partial charge in [0, 0.05) is 48.3 Å². The van der Waals surface area contributed by atoms with Crippen molar-refractivity contribution in [1.29, 1.82) is 0 Å². The van der Waals surface area contributed by atoms with Gasteiger partial charge in [-0.1, -0.05) is 0 Å². The van der Waals surface area contributed by atoms with E-state index in [-0.39, 0.29) is 5.91 Å². The second-order valence-electron chi connectivity index (χ2n) is 6.35. The van der Waals surface area contributed by atoms with E-state index in [1.165, 1.54) is 15.9 Å². The Balaban J connectivity index is 1.74. The largest absolute Gasteiger partial charge is 0.406 e. The molecule has 0 bridgehead atoms. The van der Waals surface area contributed by atoms with E-state index in [4.69, 9.17) is 0 Å². The van der Waals surface area contributed by atoms with Crippen LogP contribution in [0, 0.1) is 13.8 Å². The number of carbonyl (C=O) groups is 1. The van der Waals surface area contributed by atoms with E-state index in [9.17, 15) is 18.0 Å². The van der Waals surface area contributed by atoms with Crippen molar-refractivity contribution < 1.29 is 18.0 Å². The molecule has 136 valence electrons. The summed E-state index contributed by atoms with van der Waals surface area (Å²) in [6.45, 7) is 3.83. The van der Waals surface area contributed by atoms with Crippen LogP contribution in [0.5, 0.6) is 0 Å². The first-order valence-electron chi connectivity index (χ1n) is 8.20. The van der Waals surface area contributed by atoms with Crippen LogP contribution >= 0.6 is 11.3 Å². The first-order chi connectivity index (χ1) is 11.7. The van der Waals surface area contributed by atoms with Crippen LogP contribution in [0.1, 0.15) is 29.2 Å². The molecule has 3 heterocycles. The van der Waals surface area contributed by atoms with Gasteiger partial charge in [0.05, 0.1) is 10.7 Å². The molecular weight excluding hydrogens is 351 g/mol. The zero-order valence-corrected chi connectivity index (χ0v) is 15.0. The summed E-state index contributed by atoms with van der Waals surface area (Å²) in [6, 6.07) is 1.75. The lowest BCUT2D eigenvalue weighted by molar-refractivity contribution is -0.141. The fourth-order valence-corrected chi connectivity index (χ4v) is 3.99. The number of rotatable bonds is 5. The third kappa shape index (κ3) is 4.05. The van der Waals surface area contributed by atoms with Crippen molar-refractivity contribution in [2.75, 3.05) is 13.1 Å². The maximum atomic E-state index is 12.7. The zero-order chi connectivity index (χ0) is 18.2. The van der Waals surface area contributed by atoms with Crippen molar-refractivity contribution in [3.63, 3.8) is 0 Å². The Morgan fingerprint density at radius 1 is 1.32 bits per heavy atom. The summed E-state index contributed by atoms with van der Waals surface area (Å²) in [7, 11) is 0. The van der Waals surface area contributed by atoms with Gasteiger partial charge in [0.15, 0.2) is 0 Å². The normalized spacial score (nSPS) is 15.4. The van der Waals surface area contributed by atoms with E-state index in [0.29, 0.717) is 36.5 Å². The van der Waals surface area contributed by atoms with E-state index in [1.807, 2.05) is 10.3 Å². The SMILES string of the molecule is Cc1cc(-c2csc(CCN3CCCC3=O)n2)c(C)n1CC(F)(F)F. The summed E-state index contributed by atoms with van der Waals surface area (Å²) in [4.78, 5) is 18.0. The van der Waals surface area contributed by atoms with Crippen LogP contribution in [0.2, 0.25) is 0 Å². The number of hydrogen-bond donors (Lipinski definition) is 0. The minimum atomic E-state index is -4.25. The molecule has 1 fully saturated rings. The monoisotopic (exact) mass is 371 g/mol. The lowest BCUT2D eigenvalue weighted by Gasteiger charge is -2.13. The van der Waals surface area contributed by atoms with Crippen LogP contribution in [-0.2, 0) is 17.8 Å². The van der Waals surface area contributed by atoms with Gasteiger partial charge < -0.3 is 9.47 Å². The molecule has 0 N–H and O–H groups in total. The molecule has 0 spiro atoms. The summed E-state index contributed by atoms with van der Waals surface area (Å²) in [5.41, 5.74) is 2.58. The topological polar surface area (TPSA) is 38.1 Å². The number of halogens is 3. The quantitative estimate of drug-likeness (QED) is 0.798. The van der Waals surface area contributed by atoms with Crippen LogP contribution in [0.4, 0.5) is 13.2 Å². The van der Waals surface area contributed by atoms with Crippen molar-refractivity contribution in [3.8, 4) is 11.3 Å². The predicted molar refractivity (Wildman–Crippen MR) is 90.6 cm³/mol. The molecule has 25 heavy (non-hydrogen) atoms. The van der Waals surface area contributed by atoms with Gasteiger partial charge in [0.1, 0.15) is 6.54 Å². The molecule has 4 nitrogen and oxygen atoms in total.